The molecule has 11 aromatic rings. The smallest absolute Gasteiger partial charge is 0.160 e. The average Bonchev–Trinajstić information content (AvgIpc) is 3.97. The monoisotopic (exact) mass is 925 g/mol. The number of hydrogen-bond donors (Lipinski definition) is 0. The van der Waals surface area contributed by atoms with Gasteiger partial charge in [0.05, 0.1) is 22.6 Å². The van der Waals surface area contributed by atoms with Crippen LogP contribution in [0, 0.1) is 12.1 Å². The summed E-state index contributed by atoms with van der Waals surface area (Å²) in [7, 11) is 0. The third-order valence-corrected chi connectivity index (χ3v) is 13.9. The number of para-hydroxylation sites is 1. The van der Waals surface area contributed by atoms with E-state index in [0.29, 0.717) is 11.5 Å². The zero-order chi connectivity index (χ0) is 48.8. The molecule has 8 aromatic carbocycles. The van der Waals surface area contributed by atoms with Crippen LogP contribution in [0.15, 0.2) is 217 Å². The van der Waals surface area contributed by atoms with E-state index in [1.807, 2.05) is 36.4 Å². The fourth-order valence-corrected chi connectivity index (χ4v) is 10.1. The van der Waals surface area contributed by atoms with E-state index in [4.69, 9.17) is 21.0 Å². The van der Waals surface area contributed by atoms with E-state index in [1.165, 1.54) is 38.9 Å². The van der Waals surface area contributed by atoms with Gasteiger partial charge in [0.25, 0.3) is 0 Å². The van der Waals surface area contributed by atoms with Crippen molar-refractivity contribution < 1.29 is 4.42 Å². The van der Waals surface area contributed by atoms with Gasteiger partial charge in [-0.05, 0) is 118 Å². The fourth-order valence-electron chi connectivity index (χ4n) is 10.1. The first kappa shape index (κ1) is 44.2. The Morgan fingerprint density at radius 3 is 1.97 bits per heavy atom. The molecule has 72 heavy (non-hydrogen) atoms. The summed E-state index contributed by atoms with van der Waals surface area (Å²) >= 11 is 0. The molecule has 0 spiro atoms. The van der Waals surface area contributed by atoms with Gasteiger partial charge in [0.2, 0.25) is 0 Å². The molecule has 0 saturated carbocycles. The van der Waals surface area contributed by atoms with Gasteiger partial charge in [-0.2, -0.15) is 0 Å². The molecular weight excluding hydrogens is 875 g/mol. The van der Waals surface area contributed by atoms with Crippen molar-refractivity contribution in [2.45, 2.75) is 39.0 Å². The van der Waals surface area contributed by atoms with Crippen molar-refractivity contribution in [3.63, 3.8) is 0 Å². The van der Waals surface area contributed by atoms with Crippen LogP contribution in [-0.2, 0) is 11.8 Å². The summed E-state index contributed by atoms with van der Waals surface area (Å²) in [5.41, 5.74) is 19.3. The van der Waals surface area contributed by atoms with Crippen LogP contribution in [0.25, 0.3) is 101 Å². The van der Waals surface area contributed by atoms with Crippen LogP contribution in [0.3, 0.4) is 0 Å². The van der Waals surface area contributed by atoms with Gasteiger partial charge in [0.15, 0.2) is 5.82 Å². The number of benzene rings is 7. The van der Waals surface area contributed by atoms with Gasteiger partial charge < -0.3 is 8.98 Å². The highest BCUT2D eigenvalue weighted by Crippen LogP contribution is 2.44. The topological polar surface area (TPSA) is 43.9 Å². The third-order valence-electron chi connectivity index (χ3n) is 13.9. The molecule has 3 aromatic heterocycles. The Labute approximate surface area is 421 Å². The zero-order valence-electron chi connectivity index (χ0n) is 40.7. The Kier molecular flexibility index (Phi) is 11.3. The minimum atomic E-state index is -0.0732. The number of hydrogen-bond acceptors (Lipinski definition) is 3. The fraction of sp³-hybridized carbons (Fsp3) is 0.0882. The summed E-state index contributed by atoms with van der Waals surface area (Å²) in [5, 5.41) is 3.35. The lowest BCUT2D eigenvalue weighted by Crippen LogP contribution is -2.10. The lowest BCUT2D eigenvalue weighted by molar-refractivity contribution is 0.590. The summed E-state index contributed by atoms with van der Waals surface area (Å²) in [6.07, 6.45) is 8.66. The summed E-state index contributed by atoms with van der Waals surface area (Å²) in [4.78, 5) is 10.5. The first-order chi connectivity index (χ1) is 35.2. The van der Waals surface area contributed by atoms with Gasteiger partial charge in [-0.1, -0.05) is 191 Å². The first-order valence-corrected chi connectivity index (χ1v) is 24.7. The lowest BCUT2D eigenvalue weighted by atomic mass is 9.88. The summed E-state index contributed by atoms with van der Waals surface area (Å²) in [6, 6.07) is 77.3. The molecule has 0 radical (unpaired) electrons. The van der Waals surface area contributed by atoms with Crippen LogP contribution in [0.4, 0.5) is 0 Å². The molecule has 344 valence electrons. The van der Waals surface area contributed by atoms with Crippen LogP contribution in [0.2, 0.25) is 0 Å². The number of furan rings is 1. The van der Waals surface area contributed by atoms with Gasteiger partial charge in [0.1, 0.15) is 11.2 Å². The van der Waals surface area contributed by atoms with Crippen molar-refractivity contribution in [2.75, 3.05) is 0 Å². The molecule has 0 bridgehead atoms. The second kappa shape index (κ2) is 18.4. The first-order valence-electron chi connectivity index (χ1n) is 24.7. The highest BCUT2D eigenvalue weighted by molar-refractivity contribution is 6.12. The molecule has 1 aliphatic carbocycles. The van der Waals surface area contributed by atoms with Crippen molar-refractivity contribution in [1.29, 1.82) is 0 Å². The molecule has 0 N–H and O–H groups in total. The van der Waals surface area contributed by atoms with Gasteiger partial charge >= 0.3 is 0 Å². The minimum absolute atomic E-state index is 0.0732. The summed E-state index contributed by atoms with van der Waals surface area (Å²) < 4.78 is 8.88. The second-order valence-electron chi connectivity index (χ2n) is 19.6. The second-order valence-corrected chi connectivity index (χ2v) is 19.6. The number of nitrogens with zero attached hydrogens (tertiary/aromatic N) is 3. The summed E-state index contributed by atoms with van der Waals surface area (Å²) in [5.74, 6) is 0.615. The Bertz CT molecular complexity index is 3920. The maximum atomic E-state index is 6.38. The van der Waals surface area contributed by atoms with E-state index in [1.54, 1.807) is 0 Å². The molecule has 12 rings (SSSR count). The maximum absolute atomic E-state index is 6.38. The van der Waals surface area contributed by atoms with Crippen molar-refractivity contribution in [1.82, 2.24) is 14.5 Å². The highest BCUT2D eigenvalue weighted by atomic mass is 16.3. The SMILES string of the molecule is C=C(/C=C(\C(=C\c1c#cc(C(C)(C)C)cc1)n1c2c(c3cc(-c4ccccc4)ccc31)C=C(c1ccccc1)CC2)c1ccccc1)c1cc(-c2ccc3c(c2)oc2ccccc23)nc(-c2ccccc2)n1. The standard InChI is InChI=1S/C68H51N3O/c1-45(60-44-61(70-67(69-60)50-25-15-8-16-26-50)53-31-36-56-55-27-17-18-28-65(55)72-66(56)43-53)39-57(49-23-13-7-14-24-49)64(40-46-29-34-54(35-30-46)68(2,3)4)71-62-37-32-51(47-19-9-5-10-20-47)41-58(62)59-42-52(33-38-63(59)71)48-21-11-6-12-22-48/h5-29,31-32,34,36-37,39-44H,1,33,38H2,2-4H3/b57-39-,64-40-. The molecule has 0 saturated heterocycles. The third kappa shape index (κ3) is 8.46. The van der Waals surface area contributed by atoms with E-state index in [9.17, 15) is 0 Å². The number of allylic oxidation sites excluding steroid dienone is 5. The number of aromatic nitrogens is 3. The van der Waals surface area contributed by atoms with Crippen LogP contribution in [0.1, 0.15) is 66.4 Å². The van der Waals surface area contributed by atoms with Gasteiger partial charge in [-0.25, -0.2) is 9.97 Å². The predicted octanol–water partition coefficient (Wildman–Crippen LogP) is 17.5. The Hall–Kier alpha value is -9.04. The molecule has 1 aliphatic rings. The average molecular weight is 926 g/mol. The van der Waals surface area contributed by atoms with Crippen molar-refractivity contribution in [3.8, 4) is 33.8 Å². The van der Waals surface area contributed by atoms with Gasteiger partial charge in [-0.15, -0.1) is 0 Å². The molecule has 3 heterocycles. The largest absolute Gasteiger partial charge is 0.456 e. The molecule has 0 atom stereocenters. The molecule has 0 amide bonds. The van der Waals surface area contributed by atoms with Gasteiger partial charge in [0, 0.05) is 55.2 Å². The van der Waals surface area contributed by atoms with Crippen LogP contribution in [0.5, 0.6) is 0 Å². The lowest BCUT2D eigenvalue weighted by Gasteiger charge is -2.22. The van der Waals surface area contributed by atoms with E-state index in [0.717, 1.165) is 90.7 Å². The maximum Gasteiger partial charge on any atom is 0.160 e. The molecule has 4 nitrogen and oxygen atoms in total. The normalized spacial score (nSPS) is 13.0. The van der Waals surface area contributed by atoms with E-state index < -0.39 is 0 Å². The van der Waals surface area contributed by atoms with Gasteiger partial charge in [-0.3, -0.25) is 0 Å². The van der Waals surface area contributed by atoms with E-state index >= 15 is 0 Å². The summed E-state index contributed by atoms with van der Waals surface area (Å²) in [6.45, 7) is 11.5. The molecule has 0 fully saturated rings. The van der Waals surface area contributed by atoms with Crippen molar-refractivity contribution in [3.05, 3.63) is 264 Å². The van der Waals surface area contributed by atoms with E-state index in [-0.39, 0.29) is 5.41 Å². The Morgan fingerprint density at radius 2 is 1.25 bits per heavy atom. The number of rotatable bonds is 10. The van der Waals surface area contributed by atoms with Crippen LogP contribution < -0.4 is 0 Å². The molecule has 0 unspecified atom stereocenters. The predicted molar refractivity (Wildman–Crippen MR) is 301 cm³/mol. The molecule has 0 aliphatic heterocycles. The molecule has 4 heteroatoms. The zero-order valence-corrected chi connectivity index (χ0v) is 40.7. The Morgan fingerprint density at radius 1 is 0.583 bits per heavy atom. The minimum Gasteiger partial charge on any atom is -0.456 e. The highest BCUT2D eigenvalue weighted by Gasteiger charge is 2.26. The Balaban J connectivity index is 1.09. The van der Waals surface area contributed by atoms with Crippen molar-refractivity contribution >= 4 is 67.4 Å². The quantitative estimate of drug-likeness (QED) is 0.128. The number of fused-ring (bicyclic) bond motifs is 6. The van der Waals surface area contributed by atoms with Crippen LogP contribution >= 0.6 is 0 Å². The van der Waals surface area contributed by atoms with Crippen molar-refractivity contribution in [2.24, 2.45) is 0 Å². The molecular formula is C68H51N3O. The van der Waals surface area contributed by atoms with E-state index in [2.05, 4.69) is 219 Å². The van der Waals surface area contributed by atoms with Crippen LogP contribution in [-0.4, -0.2) is 14.5 Å².